The summed E-state index contributed by atoms with van der Waals surface area (Å²) in [7, 11) is 0. The molecule has 2 rings (SSSR count). The second kappa shape index (κ2) is 7.59. The summed E-state index contributed by atoms with van der Waals surface area (Å²) in [5.41, 5.74) is 2.26. The van der Waals surface area contributed by atoms with Gasteiger partial charge in [0.1, 0.15) is 0 Å². The van der Waals surface area contributed by atoms with Crippen LogP contribution < -0.4 is 5.32 Å². The molecule has 118 valence electrons. The Hall–Kier alpha value is -1.36. The van der Waals surface area contributed by atoms with Crippen molar-refractivity contribution in [1.82, 2.24) is 20.0 Å². The Morgan fingerprint density at radius 3 is 2.67 bits per heavy atom. The molecule has 0 spiro atoms. The highest BCUT2D eigenvalue weighted by Crippen LogP contribution is 2.10. The minimum absolute atomic E-state index is 0.0800. The van der Waals surface area contributed by atoms with E-state index in [9.17, 15) is 4.79 Å². The summed E-state index contributed by atoms with van der Waals surface area (Å²) >= 11 is 0. The zero-order valence-electron chi connectivity index (χ0n) is 13.6. The Bertz CT molecular complexity index is 463. The van der Waals surface area contributed by atoms with Gasteiger partial charge in [-0.05, 0) is 59.1 Å². The Morgan fingerprint density at radius 2 is 2.05 bits per heavy atom. The van der Waals surface area contributed by atoms with E-state index >= 15 is 0 Å². The molecular formula is C16H28N4O. The monoisotopic (exact) mass is 292 g/mol. The maximum atomic E-state index is 12.3. The van der Waals surface area contributed by atoms with Crippen molar-refractivity contribution in [2.24, 2.45) is 0 Å². The van der Waals surface area contributed by atoms with Crippen LogP contribution in [0.4, 0.5) is 0 Å². The number of carbonyl (C=O) groups excluding carboxylic acids is 1. The fourth-order valence-corrected chi connectivity index (χ4v) is 2.92. The van der Waals surface area contributed by atoms with Crippen molar-refractivity contribution in [3.63, 3.8) is 0 Å². The van der Waals surface area contributed by atoms with Crippen LogP contribution in [-0.2, 0) is 11.3 Å². The van der Waals surface area contributed by atoms with Crippen molar-refractivity contribution in [3.8, 4) is 0 Å². The third-order valence-corrected chi connectivity index (χ3v) is 4.14. The highest BCUT2D eigenvalue weighted by Gasteiger charge is 2.21. The van der Waals surface area contributed by atoms with Crippen LogP contribution in [0.15, 0.2) is 6.07 Å². The van der Waals surface area contributed by atoms with Gasteiger partial charge in [-0.15, -0.1) is 0 Å². The highest BCUT2D eigenvalue weighted by atomic mass is 16.2. The first kappa shape index (κ1) is 16.0. The predicted octanol–water partition coefficient (Wildman–Crippen LogP) is 1.88. The summed E-state index contributed by atoms with van der Waals surface area (Å²) in [6.07, 6.45) is 4.54. The SMILES string of the molecule is Cc1cc(C)n(CCCNC(C)C(=O)N2CCCCC2)n1. The average molecular weight is 292 g/mol. The number of hydrogen-bond acceptors (Lipinski definition) is 3. The van der Waals surface area contributed by atoms with Gasteiger partial charge in [0, 0.05) is 25.3 Å². The minimum Gasteiger partial charge on any atom is -0.341 e. The molecular weight excluding hydrogens is 264 g/mol. The number of aromatic nitrogens is 2. The number of likely N-dealkylation sites (tertiary alicyclic amines) is 1. The van der Waals surface area contributed by atoms with Gasteiger partial charge < -0.3 is 10.2 Å². The van der Waals surface area contributed by atoms with Gasteiger partial charge in [0.25, 0.3) is 0 Å². The number of nitrogens with zero attached hydrogens (tertiary/aromatic N) is 3. The van der Waals surface area contributed by atoms with Crippen molar-refractivity contribution in [3.05, 3.63) is 17.5 Å². The number of piperidine rings is 1. The van der Waals surface area contributed by atoms with Crippen molar-refractivity contribution in [2.75, 3.05) is 19.6 Å². The molecule has 0 aromatic carbocycles. The topological polar surface area (TPSA) is 50.2 Å². The lowest BCUT2D eigenvalue weighted by atomic mass is 10.1. The lowest BCUT2D eigenvalue weighted by Gasteiger charge is -2.29. The Balaban J connectivity index is 1.67. The van der Waals surface area contributed by atoms with Gasteiger partial charge in [-0.3, -0.25) is 9.48 Å². The molecule has 5 nitrogen and oxygen atoms in total. The Morgan fingerprint density at radius 1 is 1.33 bits per heavy atom. The van der Waals surface area contributed by atoms with E-state index in [0.29, 0.717) is 0 Å². The summed E-state index contributed by atoms with van der Waals surface area (Å²) in [6, 6.07) is 2.01. The van der Waals surface area contributed by atoms with E-state index in [4.69, 9.17) is 0 Å². The van der Waals surface area contributed by atoms with Crippen LogP contribution in [0.5, 0.6) is 0 Å². The molecule has 1 N–H and O–H groups in total. The molecule has 1 unspecified atom stereocenters. The van der Waals surface area contributed by atoms with E-state index < -0.39 is 0 Å². The van der Waals surface area contributed by atoms with E-state index in [1.54, 1.807) is 0 Å². The smallest absolute Gasteiger partial charge is 0.239 e. The van der Waals surface area contributed by atoms with Crippen LogP contribution >= 0.6 is 0 Å². The standard InChI is InChI=1S/C16H28N4O/c1-13-12-14(2)20(18-13)11-7-8-17-15(3)16(21)19-9-5-4-6-10-19/h12,15,17H,4-11H2,1-3H3. The number of hydrogen-bond donors (Lipinski definition) is 1. The normalized spacial score (nSPS) is 17.0. The van der Waals surface area contributed by atoms with E-state index in [0.717, 1.165) is 51.1 Å². The Kier molecular flexibility index (Phi) is 5.79. The maximum absolute atomic E-state index is 12.3. The molecule has 1 fully saturated rings. The molecule has 0 saturated carbocycles. The number of aryl methyl sites for hydroxylation is 3. The van der Waals surface area contributed by atoms with Gasteiger partial charge >= 0.3 is 0 Å². The number of rotatable bonds is 6. The molecule has 0 aliphatic carbocycles. The second-order valence-corrected chi connectivity index (χ2v) is 6.07. The van der Waals surface area contributed by atoms with Gasteiger partial charge in [-0.25, -0.2) is 0 Å². The molecule has 1 amide bonds. The van der Waals surface area contributed by atoms with Crippen molar-refractivity contribution in [2.45, 2.75) is 59.0 Å². The van der Waals surface area contributed by atoms with Crippen molar-refractivity contribution >= 4 is 5.91 Å². The minimum atomic E-state index is -0.0800. The highest BCUT2D eigenvalue weighted by molar-refractivity contribution is 5.81. The van der Waals surface area contributed by atoms with Crippen LogP contribution in [0, 0.1) is 13.8 Å². The van der Waals surface area contributed by atoms with Gasteiger partial charge in [0.05, 0.1) is 11.7 Å². The van der Waals surface area contributed by atoms with Gasteiger partial charge in [-0.1, -0.05) is 0 Å². The van der Waals surface area contributed by atoms with E-state index in [2.05, 4.69) is 23.4 Å². The van der Waals surface area contributed by atoms with Gasteiger partial charge in [0.2, 0.25) is 5.91 Å². The molecule has 1 aliphatic rings. The Labute approximate surface area is 127 Å². The van der Waals surface area contributed by atoms with Crippen LogP contribution in [0.25, 0.3) is 0 Å². The lowest BCUT2D eigenvalue weighted by Crippen LogP contribution is -2.47. The molecule has 0 radical (unpaired) electrons. The summed E-state index contributed by atoms with van der Waals surface area (Å²) in [6.45, 7) is 9.67. The first-order chi connectivity index (χ1) is 10.1. The molecule has 1 atom stereocenters. The van der Waals surface area contributed by atoms with Crippen molar-refractivity contribution in [1.29, 1.82) is 0 Å². The van der Waals surface area contributed by atoms with E-state index in [1.165, 1.54) is 12.1 Å². The molecule has 1 saturated heterocycles. The molecule has 1 aromatic heterocycles. The summed E-state index contributed by atoms with van der Waals surface area (Å²) in [5, 5.41) is 7.79. The van der Waals surface area contributed by atoms with E-state index in [-0.39, 0.29) is 11.9 Å². The number of carbonyl (C=O) groups is 1. The van der Waals surface area contributed by atoms with Crippen LogP contribution in [-0.4, -0.2) is 46.3 Å². The third-order valence-electron chi connectivity index (χ3n) is 4.14. The second-order valence-electron chi connectivity index (χ2n) is 6.07. The molecule has 2 heterocycles. The summed E-state index contributed by atoms with van der Waals surface area (Å²) in [4.78, 5) is 14.3. The van der Waals surface area contributed by atoms with Crippen LogP contribution in [0.3, 0.4) is 0 Å². The first-order valence-corrected chi connectivity index (χ1v) is 8.11. The molecule has 0 bridgehead atoms. The summed E-state index contributed by atoms with van der Waals surface area (Å²) in [5.74, 6) is 0.251. The molecule has 1 aliphatic heterocycles. The summed E-state index contributed by atoms with van der Waals surface area (Å²) < 4.78 is 2.04. The largest absolute Gasteiger partial charge is 0.341 e. The molecule has 21 heavy (non-hydrogen) atoms. The van der Waals surface area contributed by atoms with Crippen LogP contribution in [0.1, 0.15) is 44.0 Å². The lowest BCUT2D eigenvalue weighted by molar-refractivity contribution is -0.133. The van der Waals surface area contributed by atoms with Gasteiger partial charge in [-0.2, -0.15) is 5.10 Å². The predicted molar refractivity (Wildman–Crippen MR) is 84.2 cm³/mol. The maximum Gasteiger partial charge on any atom is 0.239 e. The molecule has 1 aromatic rings. The number of nitrogens with one attached hydrogen (secondary N) is 1. The van der Waals surface area contributed by atoms with Crippen molar-refractivity contribution < 1.29 is 4.79 Å². The van der Waals surface area contributed by atoms with Crippen LogP contribution in [0.2, 0.25) is 0 Å². The number of amides is 1. The van der Waals surface area contributed by atoms with E-state index in [1.807, 2.05) is 23.4 Å². The van der Waals surface area contributed by atoms with Gasteiger partial charge in [0.15, 0.2) is 0 Å². The quantitative estimate of drug-likeness (QED) is 0.815. The zero-order valence-corrected chi connectivity index (χ0v) is 13.6. The third kappa shape index (κ3) is 4.56. The fourth-order valence-electron chi connectivity index (χ4n) is 2.92. The fraction of sp³-hybridized carbons (Fsp3) is 0.750. The first-order valence-electron chi connectivity index (χ1n) is 8.11. The average Bonchev–Trinajstić information content (AvgIpc) is 2.81. The zero-order chi connectivity index (χ0) is 15.2. The molecule has 5 heteroatoms.